The van der Waals surface area contributed by atoms with Gasteiger partial charge in [-0.25, -0.2) is 13.6 Å². The Kier molecular flexibility index (Phi) is 12.6. The molecule has 0 amide bonds. The first kappa shape index (κ1) is 47.4. The SMILES string of the molecule is CC(C)(N)[C@@H]1CCN(c2c(F)cc3c(=O)c4c(=O)[nH]sc4n(C4CC4)c3c2OC(F)F)C1.CCOC(=O)c1c(O)c2cc(F)c(N3CC[C@@H](C(C)(C)N)C3)c(OC(F)F)c2n(C2CC2)c1=S. The molecule has 0 unspecified atom stereocenters. The molecule has 4 aliphatic rings. The third kappa shape index (κ3) is 8.68. The quantitative estimate of drug-likeness (QED) is 0.0533. The number of hydrogen-bond donors (Lipinski definition) is 4. The van der Waals surface area contributed by atoms with Crippen LogP contribution in [0.4, 0.5) is 37.7 Å². The number of aromatic amines is 1. The molecule has 2 aliphatic carbocycles. The second-order valence-electron chi connectivity index (χ2n) is 18.6. The lowest BCUT2D eigenvalue weighted by Crippen LogP contribution is -2.42. The largest absolute Gasteiger partial charge is 0.506 e. The Hall–Kier alpha value is -5.06. The number of ether oxygens (including phenoxy) is 3. The highest BCUT2D eigenvalue weighted by Crippen LogP contribution is 2.50. The van der Waals surface area contributed by atoms with E-state index in [1.54, 1.807) is 21.3 Å². The van der Waals surface area contributed by atoms with Crippen molar-refractivity contribution in [1.29, 1.82) is 0 Å². The topological polar surface area (TPSA) is 183 Å². The van der Waals surface area contributed by atoms with E-state index in [1.165, 1.54) is 4.57 Å². The number of esters is 1. The number of carbonyl (C=O) groups is 1. The summed E-state index contributed by atoms with van der Waals surface area (Å²) in [7, 11) is 0. The van der Waals surface area contributed by atoms with Crippen molar-refractivity contribution in [3.8, 4) is 17.2 Å². The van der Waals surface area contributed by atoms with Crippen LogP contribution >= 0.6 is 23.8 Å². The zero-order valence-electron chi connectivity index (χ0n) is 36.8. The van der Waals surface area contributed by atoms with Crippen molar-refractivity contribution in [2.75, 3.05) is 42.6 Å². The summed E-state index contributed by atoms with van der Waals surface area (Å²) >= 11 is 6.47. The standard InChI is InChI=1S/C23H28F3N3O4S.C21H23F3N4O3S/c1-4-32-21(31)15-18(30)13-9-14(24)17(28-8-7-11(10-28)23(2,3)27)19(33-22(25)26)16(13)29(20(15)34)12-5-6-12;1-21(2,25)9-5-6-27(8-9)15-12(22)7-11-14(17(15)31-20(23)24)28(10-3-4-10)19-13(16(11)29)18(30)26-32-19/h9,11-12,22,30H,4-8,10,27H2,1-3H3;7,9-10,20H,3-6,8,25H2,1-2H3,(H,26,30)/t11-;9-/m11/s1. The summed E-state index contributed by atoms with van der Waals surface area (Å²) in [6.07, 6.45) is 4.20. The minimum absolute atomic E-state index is 0.00617. The van der Waals surface area contributed by atoms with Crippen LogP contribution in [0, 0.1) is 28.1 Å². The summed E-state index contributed by atoms with van der Waals surface area (Å²) in [6.45, 7) is 4.20. The molecule has 0 bridgehead atoms. The molecule has 9 rings (SSSR count). The second-order valence-corrected chi connectivity index (χ2v) is 19.8. The average molecular weight is 968 g/mol. The maximum Gasteiger partial charge on any atom is 0.387 e. The zero-order valence-corrected chi connectivity index (χ0v) is 38.5. The number of rotatable bonds is 12. The summed E-state index contributed by atoms with van der Waals surface area (Å²) < 4.78 is 106. The number of nitrogens with two attached hydrogens (primary N) is 2. The van der Waals surface area contributed by atoms with Crippen molar-refractivity contribution < 1.29 is 50.5 Å². The van der Waals surface area contributed by atoms with Crippen LogP contribution in [0.1, 0.15) is 95.6 Å². The molecule has 0 radical (unpaired) electrons. The lowest BCUT2D eigenvalue weighted by Gasteiger charge is -2.29. The van der Waals surface area contributed by atoms with Gasteiger partial charge in [0.15, 0.2) is 23.1 Å². The van der Waals surface area contributed by atoms with Crippen LogP contribution in [0.3, 0.4) is 0 Å². The van der Waals surface area contributed by atoms with Gasteiger partial charge >= 0.3 is 19.2 Å². The van der Waals surface area contributed by atoms with Gasteiger partial charge in [0, 0.05) is 54.7 Å². The van der Waals surface area contributed by atoms with Gasteiger partial charge < -0.3 is 49.7 Å². The molecule has 0 spiro atoms. The summed E-state index contributed by atoms with van der Waals surface area (Å²) in [5.41, 5.74) is 9.77. The van der Waals surface area contributed by atoms with E-state index in [0.717, 1.165) is 36.5 Å². The van der Waals surface area contributed by atoms with Gasteiger partial charge in [-0.05, 0) is 109 Å². The van der Waals surface area contributed by atoms with Crippen LogP contribution < -0.4 is 41.7 Å². The first-order chi connectivity index (χ1) is 31.0. The normalized spacial score (nSPS) is 19.1. The van der Waals surface area contributed by atoms with Gasteiger partial charge in [0.2, 0.25) is 5.43 Å². The molecule has 2 saturated carbocycles. The van der Waals surface area contributed by atoms with E-state index in [1.807, 2.05) is 27.7 Å². The predicted molar refractivity (Wildman–Crippen MR) is 241 cm³/mol. The van der Waals surface area contributed by atoms with E-state index in [9.17, 15) is 37.1 Å². The lowest BCUT2D eigenvalue weighted by molar-refractivity contribution is -0.0494. The first-order valence-corrected chi connectivity index (χ1v) is 23.0. The highest BCUT2D eigenvalue weighted by molar-refractivity contribution is 7.71. The monoisotopic (exact) mass is 967 g/mol. The fourth-order valence-corrected chi connectivity index (χ4v) is 10.6. The number of alkyl halides is 4. The fraction of sp³-hybridized carbons (Fsp3) is 0.545. The van der Waals surface area contributed by atoms with Gasteiger partial charge in [-0.1, -0.05) is 12.2 Å². The molecule has 2 saturated heterocycles. The number of fused-ring (bicyclic) bond motifs is 3. The number of nitrogens with zero attached hydrogens (tertiary/aromatic N) is 4. The molecule has 2 aromatic carbocycles. The maximum atomic E-state index is 15.6. The molecule has 66 heavy (non-hydrogen) atoms. The molecule has 5 heterocycles. The van der Waals surface area contributed by atoms with Gasteiger partial charge in [0.1, 0.15) is 37.5 Å². The van der Waals surface area contributed by atoms with Crippen molar-refractivity contribution in [1.82, 2.24) is 13.5 Å². The molecule has 358 valence electrons. The summed E-state index contributed by atoms with van der Waals surface area (Å²) in [5, 5.41) is 10.6. The number of hydrogen-bond acceptors (Lipinski definition) is 13. The Bertz CT molecular complexity index is 2920. The van der Waals surface area contributed by atoms with Crippen molar-refractivity contribution in [2.45, 2.75) is 110 Å². The van der Waals surface area contributed by atoms with Crippen LogP contribution in [0.15, 0.2) is 21.7 Å². The number of H-pyrrole nitrogens is 1. The molecule has 4 fully saturated rings. The highest BCUT2D eigenvalue weighted by atomic mass is 32.1. The summed E-state index contributed by atoms with van der Waals surface area (Å²) in [6, 6.07) is 1.80. The molecule has 2 aliphatic heterocycles. The minimum Gasteiger partial charge on any atom is -0.506 e. The predicted octanol–water partition coefficient (Wildman–Crippen LogP) is 8.44. The smallest absolute Gasteiger partial charge is 0.387 e. The van der Waals surface area contributed by atoms with Gasteiger partial charge in [-0.2, -0.15) is 17.6 Å². The van der Waals surface area contributed by atoms with Crippen molar-refractivity contribution in [3.05, 3.63) is 54.5 Å². The Labute approximate surface area is 383 Å². The van der Waals surface area contributed by atoms with Crippen LogP contribution in [0.25, 0.3) is 32.0 Å². The Morgan fingerprint density at radius 3 is 1.74 bits per heavy atom. The third-order valence-electron chi connectivity index (χ3n) is 13.0. The highest BCUT2D eigenvalue weighted by Gasteiger charge is 2.40. The number of pyridine rings is 2. The second kappa shape index (κ2) is 17.5. The summed E-state index contributed by atoms with van der Waals surface area (Å²) in [5.74, 6) is -3.93. The molecule has 2 atom stereocenters. The molecular weight excluding hydrogens is 917 g/mol. The van der Waals surface area contributed by atoms with E-state index in [-0.39, 0.29) is 85.0 Å². The van der Waals surface area contributed by atoms with E-state index < -0.39 is 64.4 Å². The van der Waals surface area contributed by atoms with Crippen LogP contribution in [0.2, 0.25) is 0 Å². The number of carbonyl (C=O) groups excluding carboxylic acids is 1. The molecule has 3 aromatic heterocycles. The van der Waals surface area contributed by atoms with E-state index in [4.69, 9.17) is 37.9 Å². The van der Waals surface area contributed by atoms with Crippen LogP contribution in [-0.2, 0) is 4.74 Å². The number of aromatic hydroxyl groups is 1. The van der Waals surface area contributed by atoms with Gasteiger partial charge in [-0.3, -0.25) is 14.0 Å². The minimum atomic E-state index is -3.25. The molecule has 5 aromatic rings. The molecule has 6 N–H and O–H groups in total. The fourth-order valence-electron chi connectivity index (χ4n) is 9.28. The Morgan fingerprint density at radius 2 is 1.30 bits per heavy atom. The lowest BCUT2D eigenvalue weighted by atomic mass is 9.88. The molecular formula is C44H51F6N7O7S2. The van der Waals surface area contributed by atoms with Crippen molar-refractivity contribution >= 4 is 73.1 Å². The van der Waals surface area contributed by atoms with Crippen LogP contribution in [-0.4, -0.2) is 81.7 Å². The third-order valence-corrected chi connectivity index (χ3v) is 14.3. The van der Waals surface area contributed by atoms with Gasteiger partial charge in [0.25, 0.3) is 5.56 Å². The van der Waals surface area contributed by atoms with Gasteiger partial charge in [-0.15, -0.1) is 0 Å². The Balaban J connectivity index is 0.000000180. The number of anilines is 2. The van der Waals surface area contributed by atoms with Crippen molar-refractivity contribution in [3.63, 3.8) is 0 Å². The van der Waals surface area contributed by atoms with Crippen molar-refractivity contribution in [2.24, 2.45) is 23.3 Å². The number of aromatic nitrogens is 3. The van der Waals surface area contributed by atoms with E-state index in [0.29, 0.717) is 56.7 Å². The van der Waals surface area contributed by atoms with E-state index >= 15 is 8.78 Å². The zero-order chi connectivity index (χ0) is 47.9. The Morgan fingerprint density at radius 1 is 0.833 bits per heavy atom. The van der Waals surface area contributed by atoms with Gasteiger partial charge in [0.05, 0.1) is 23.0 Å². The first-order valence-electron chi connectivity index (χ1n) is 21.7. The summed E-state index contributed by atoms with van der Waals surface area (Å²) in [4.78, 5) is 41.6. The number of benzene rings is 2. The number of halogens is 6. The number of nitrogens with one attached hydrogen (secondary N) is 1. The molecule has 14 nitrogen and oxygen atoms in total. The average Bonchev–Trinajstić information content (AvgIpc) is 4.08. The maximum absolute atomic E-state index is 15.6. The molecule has 22 heteroatoms. The van der Waals surface area contributed by atoms with E-state index in [2.05, 4.69) is 4.37 Å². The van der Waals surface area contributed by atoms with Crippen LogP contribution in [0.5, 0.6) is 17.2 Å².